The number of tetrazole rings is 1. The minimum absolute atomic E-state index is 0.0586. The highest BCUT2D eigenvalue weighted by molar-refractivity contribution is 7.99. The van der Waals surface area contributed by atoms with Gasteiger partial charge in [-0.05, 0) is 61.5 Å². The summed E-state index contributed by atoms with van der Waals surface area (Å²) in [5.41, 5.74) is 3.67. The lowest BCUT2D eigenvalue weighted by Crippen LogP contribution is -2.06. The predicted octanol–water partition coefficient (Wildman–Crippen LogP) is 2.99. The Morgan fingerprint density at radius 1 is 1.23 bits per heavy atom. The monoisotopic (exact) mass is 371 g/mol. The standard InChI is InChI=1S/C18H21N5O2S/c1-5-25-15-8-6-14(7-9-15)23-12(2)10-16(13(23)3)17(24)11-26-18-19-20-21-22(18)4/h6-10H,5,11H2,1-4H3. The number of carbonyl (C=O) groups excluding carboxylic acids is 1. The molecular weight excluding hydrogens is 350 g/mol. The Hall–Kier alpha value is -2.61. The first-order chi connectivity index (χ1) is 12.5. The molecule has 0 unspecified atom stereocenters. The van der Waals surface area contributed by atoms with Crippen molar-refractivity contribution in [1.29, 1.82) is 0 Å². The Labute approximate surface area is 156 Å². The number of carbonyl (C=O) groups is 1. The Balaban J connectivity index is 1.80. The molecule has 1 aromatic carbocycles. The van der Waals surface area contributed by atoms with Gasteiger partial charge in [-0.15, -0.1) is 5.10 Å². The van der Waals surface area contributed by atoms with Crippen LogP contribution in [0.1, 0.15) is 28.7 Å². The molecule has 0 fully saturated rings. The highest BCUT2D eigenvalue weighted by Crippen LogP contribution is 2.24. The summed E-state index contributed by atoms with van der Waals surface area (Å²) in [7, 11) is 1.75. The van der Waals surface area contributed by atoms with Gasteiger partial charge in [0.2, 0.25) is 5.16 Å². The van der Waals surface area contributed by atoms with Gasteiger partial charge in [0.15, 0.2) is 5.78 Å². The zero-order chi connectivity index (χ0) is 18.7. The van der Waals surface area contributed by atoms with Crippen molar-refractivity contribution in [3.05, 3.63) is 47.3 Å². The van der Waals surface area contributed by atoms with Crippen LogP contribution in [-0.4, -0.2) is 42.9 Å². The minimum atomic E-state index is 0.0586. The molecule has 0 aliphatic heterocycles. The molecule has 0 amide bonds. The Morgan fingerprint density at radius 2 is 1.96 bits per heavy atom. The van der Waals surface area contributed by atoms with Crippen molar-refractivity contribution in [2.45, 2.75) is 25.9 Å². The zero-order valence-electron chi connectivity index (χ0n) is 15.3. The second-order valence-electron chi connectivity index (χ2n) is 5.84. The molecule has 0 saturated carbocycles. The van der Waals surface area contributed by atoms with Crippen LogP contribution in [0.2, 0.25) is 0 Å². The number of aromatic nitrogens is 5. The molecule has 7 nitrogen and oxygen atoms in total. The number of ketones is 1. The first kappa shape index (κ1) is 18.2. The van der Waals surface area contributed by atoms with E-state index in [0.717, 1.165) is 28.4 Å². The first-order valence-electron chi connectivity index (χ1n) is 8.31. The molecule has 0 saturated heterocycles. The average Bonchev–Trinajstić information content (AvgIpc) is 3.17. The maximum Gasteiger partial charge on any atom is 0.209 e. The van der Waals surface area contributed by atoms with Gasteiger partial charge < -0.3 is 9.30 Å². The highest BCUT2D eigenvalue weighted by atomic mass is 32.2. The fourth-order valence-corrected chi connectivity index (χ4v) is 3.59. The van der Waals surface area contributed by atoms with Crippen molar-refractivity contribution in [2.75, 3.05) is 12.4 Å². The van der Waals surface area contributed by atoms with Crippen LogP contribution < -0.4 is 4.74 Å². The van der Waals surface area contributed by atoms with Crippen LogP contribution in [0.25, 0.3) is 5.69 Å². The fraction of sp³-hybridized carbons (Fsp3) is 0.333. The Bertz CT molecular complexity index is 914. The van der Waals surface area contributed by atoms with E-state index in [4.69, 9.17) is 4.74 Å². The number of hydrogen-bond acceptors (Lipinski definition) is 6. The van der Waals surface area contributed by atoms with Crippen LogP contribution in [0.4, 0.5) is 0 Å². The number of hydrogen-bond donors (Lipinski definition) is 0. The van der Waals surface area contributed by atoms with Crippen molar-refractivity contribution >= 4 is 17.5 Å². The molecule has 0 N–H and O–H groups in total. The van der Waals surface area contributed by atoms with Gasteiger partial charge in [-0.3, -0.25) is 4.79 Å². The van der Waals surface area contributed by atoms with Gasteiger partial charge in [0, 0.05) is 29.7 Å². The van der Waals surface area contributed by atoms with E-state index in [2.05, 4.69) is 20.1 Å². The van der Waals surface area contributed by atoms with E-state index >= 15 is 0 Å². The van der Waals surface area contributed by atoms with Crippen molar-refractivity contribution in [3.8, 4) is 11.4 Å². The van der Waals surface area contributed by atoms with E-state index in [1.54, 1.807) is 11.7 Å². The lowest BCUT2D eigenvalue weighted by Gasteiger charge is -2.11. The van der Waals surface area contributed by atoms with E-state index in [9.17, 15) is 4.79 Å². The lowest BCUT2D eigenvalue weighted by molar-refractivity contribution is 0.102. The molecule has 0 radical (unpaired) electrons. The zero-order valence-corrected chi connectivity index (χ0v) is 16.1. The molecular formula is C18H21N5O2S. The molecule has 0 bridgehead atoms. The van der Waals surface area contributed by atoms with Crippen LogP contribution in [0.5, 0.6) is 5.75 Å². The molecule has 0 aliphatic rings. The molecule has 8 heteroatoms. The molecule has 136 valence electrons. The molecule has 2 aromatic heterocycles. The Kier molecular flexibility index (Phi) is 5.41. The summed E-state index contributed by atoms with van der Waals surface area (Å²) in [5, 5.41) is 11.9. The van der Waals surface area contributed by atoms with Gasteiger partial charge in [-0.25, -0.2) is 4.68 Å². The van der Waals surface area contributed by atoms with Gasteiger partial charge in [0.25, 0.3) is 0 Å². The summed E-state index contributed by atoms with van der Waals surface area (Å²) < 4.78 is 9.13. The van der Waals surface area contributed by atoms with E-state index in [1.165, 1.54) is 11.8 Å². The second kappa shape index (κ2) is 7.74. The van der Waals surface area contributed by atoms with Gasteiger partial charge in [0.1, 0.15) is 5.75 Å². The third-order valence-corrected chi connectivity index (χ3v) is 5.06. The minimum Gasteiger partial charge on any atom is -0.494 e. The number of ether oxygens (including phenoxy) is 1. The van der Waals surface area contributed by atoms with Gasteiger partial charge in [-0.2, -0.15) is 0 Å². The van der Waals surface area contributed by atoms with Crippen molar-refractivity contribution < 1.29 is 9.53 Å². The summed E-state index contributed by atoms with van der Waals surface area (Å²) in [6.07, 6.45) is 0. The average molecular weight is 371 g/mol. The summed E-state index contributed by atoms with van der Waals surface area (Å²) in [6.45, 7) is 6.56. The highest BCUT2D eigenvalue weighted by Gasteiger charge is 2.18. The topological polar surface area (TPSA) is 74.8 Å². The second-order valence-corrected chi connectivity index (χ2v) is 6.79. The number of benzene rings is 1. The molecule has 0 aliphatic carbocycles. The lowest BCUT2D eigenvalue weighted by atomic mass is 10.2. The molecule has 0 atom stereocenters. The summed E-state index contributed by atoms with van der Waals surface area (Å²) >= 11 is 1.34. The maximum absolute atomic E-state index is 12.7. The van der Waals surface area contributed by atoms with E-state index in [1.807, 2.05) is 51.1 Å². The number of thioether (sulfide) groups is 1. The molecule has 3 rings (SSSR count). The van der Waals surface area contributed by atoms with Crippen LogP contribution in [0, 0.1) is 13.8 Å². The summed E-state index contributed by atoms with van der Waals surface area (Å²) in [6, 6.07) is 9.81. The third kappa shape index (κ3) is 3.65. The summed E-state index contributed by atoms with van der Waals surface area (Å²) in [5.74, 6) is 1.19. The quantitative estimate of drug-likeness (QED) is 0.469. The molecule has 2 heterocycles. The number of rotatable bonds is 7. The van der Waals surface area contributed by atoms with Crippen LogP contribution >= 0.6 is 11.8 Å². The van der Waals surface area contributed by atoms with Crippen LogP contribution in [-0.2, 0) is 7.05 Å². The van der Waals surface area contributed by atoms with Crippen molar-refractivity contribution in [3.63, 3.8) is 0 Å². The van der Waals surface area contributed by atoms with Gasteiger partial charge in [0.05, 0.1) is 12.4 Å². The predicted molar refractivity (Wildman–Crippen MR) is 100 cm³/mol. The number of Topliss-reactive ketones (excluding diaryl/α,β-unsaturated/α-hetero) is 1. The smallest absolute Gasteiger partial charge is 0.209 e. The first-order valence-corrected chi connectivity index (χ1v) is 9.30. The van der Waals surface area contributed by atoms with E-state index < -0.39 is 0 Å². The normalized spacial score (nSPS) is 10.9. The fourth-order valence-electron chi connectivity index (χ4n) is 2.85. The molecule has 0 spiro atoms. The number of nitrogens with zero attached hydrogens (tertiary/aromatic N) is 5. The Morgan fingerprint density at radius 3 is 2.58 bits per heavy atom. The third-order valence-electron chi connectivity index (χ3n) is 4.05. The van der Waals surface area contributed by atoms with Crippen LogP contribution in [0.15, 0.2) is 35.5 Å². The van der Waals surface area contributed by atoms with Gasteiger partial charge in [-0.1, -0.05) is 11.8 Å². The number of aryl methyl sites for hydroxylation is 2. The summed E-state index contributed by atoms with van der Waals surface area (Å²) in [4.78, 5) is 12.7. The van der Waals surface area contributed by atoms with Gasteiger partial charge >= 0.3 is 0 Å². The van der Waals surface area contributed by atoms with Crippen LogP contribution in [0.3, 0.4) is 0 Å². The van der Waals surface area contributed by atoms with Crippen molar-refractivity contribution in [2.24, 2.45) is 7.05 Å². The maximum atomic E-state index is 12.7. The molecule has 26 heavy (non-hydrogen) atoms. The van der Waals surface area contributed by atoms with E-state index in [0.29, 0.717) is 17.5 Å². The van der Waals surface area contributed by atoms with E-state index in [-0.39, 0.29) is 5.78 Å². The largest absolute Gasteiger partial charge is 0.494 e. The molecule has 3 aromatic rings. The SMILES string of the molecule is CCOc1ccc(-n2c(C)cc(C(=O)CSc3nnnn3C)c2C)cc1. The van der Waals surface area contributed by atoms with Crippen molar-refractivity contribution in [1.82, 2.24) is 24.8 Å².